The average molecular weight is 314 g/mol. The van der Waals surface area contributed by atoms with E-state index in [2.05, 4.69) is 0 Å². The van der Waals surface area contributed by atoms with Gasteiger partial charge in [0, 0.05) is 0 Å². The molecule has 0 spiro atoms. The number of nitrogens with zero attached hydrogens (tertiary/aromatic N) is 1. The number of hydroxylamine groups is 2. The van der Waals surface area contributed by atoms with Crippen LogP contribution >= 0.6 is 0 Å². The van der Waals surface area contributed by atoms with Crippen LogP contribution in [0.25, 0.3) is 0 Å². The Balaban J connectivity index is 1.86. The quantitative estimate of drug-likeness (QED) is 0.621. The number of benzene rings is 2. The number of rotatable bonds is 6. The van der Waals surface area contributed by atoms with Crippen molar-refractivity contribution in [3.63, 3.8) is 0 Å². The van der Waals surface area contributed by atoms with Crippen LogP contribution in [0.2, 0.25) is 0 Å². The standard InChI is InChI=1S/C17H18N2O4/c18-15(11-13-7-3-1-4-8-13)17(21)19(22)16(20)12-23-14-9-5-2-6-10-14/h1-10,15,22H,11-12,18H2/t15-/m1/s1. The van der Waals surface area contributed by atoms with E-state index in [0.29, 0.717) is 5.75 Å². The molecule has 0 unspecified atom stereocenters. The largest absolute Gasteiger partial charge is 0.484 e. The summed E-state index contributed by atoms with van der Waals surface area (Å²) in [5.74, 6) is -1.27. The summed E-state index contributed by atoms with van der Waals surface area (Å²) in [7, 11) is 0. The Morgan fingerprint density at radius 3 is 2.22 bits per heavy atom. The van der Waals surface area contributed by atoms with E-state index in [4.69, 9.17) is 10.5 Å². The second-order valence-electron chi connectivity index (χ2n) is 4.94. The first-order chi connectivity index (χ1) is 11.1. The van der Waals surface area contributed by atoms with Gasteiger partial charge in [0.25, 0.3) is 11.8 Å². The molecule has 0 fully saturated rings. The van der Waals surface area contributed by atoms with Gasteiger partial charge in [-0.2, -0.15) is 5.06 Å². The lowest BCUT2D eigenvalue weighted by Gasteiger charge is -2.18. The van der Waals surface area contributed by atoms with Gasteiger partial charge in [0.15, 0.2) is 6.61 Å². The van der Waals surface area contributed by atoms with Gasteiger partial charge < -0.3 is 10.5 Å². The number of amides is 2. The second kappa shape index (κ2) is 8.07. The Kier molecular flexibility index (Phi) is 5.85. The molecule has 2 aromatic carbocycles. The number of carbonyl (C=O) groups excluding carboxylic acids is 2. The van der Waals surface area contributed by atoms with Gasteiger partial charge in [-0.15, -0.1) is 0 Å². The van der Waals surface area contributed by atoms with Crippen LogP contribution in [0.15, 0.2) is 60.7 Å². The van der Waals surface area contributed by atoms with Crippen molar-refractivity contribution >= 4 is 11.8 Å². The maximum atomic E-state index is 12.0. The molecule has 0 saturated carbocycles. The highest BCUT2D eigenvalue weighted by Crippen LogP contribution is 2.09. The summed E-state index contributed by atoms with van der Waals surface area (Å²) >= 11 is 0. The highest BCUT2D eigenvalue weighted by molar-refractivity contribution is 5.96. The smallest absolute Gasteiger partial charge is 0.291 e. The Bertz CT molecular complexity index is 646. The van der Waals surface area contributed by atoms with Crippen molar-refractivity contribution in [2.24, 2.45) is 5.73 Å². The predicted molar refractivity (Wildman–Crippen MR) is 83.7 cm³/mol. The molecule has 0 aromatic heterocycles. The molecule has 0 saturated heterocycles. The Labute approximate surface area is 134 Å². The van der Waals surface area contributed by atoms with Gasteiger partial charge in [0.05, 0.1) is 6.04 Å². The van der Waals surface area contributed by atoms with Crippen molar-refractivity contribution in [1.82, 2.24) is 5.06 Å². The average Bonchev–Trinajstić information content (AvgIpc) is 2.60. The second-order valence-corrected chi connectivity index (χ2v) is 4.94. The number of ether oxygens (including phenoxy) is 1. The zero-order valence-electron chi connectivity index (χ0n) is 12.5. The van der Waals surface area contributed by atoms with Gasteiger partial charge in [0.2, 0.25) is 0 Å². The minimum atomic E-state index is -1.01. The van der Waals surface area contributed by atoms with Crippen LogP contribution < -0.4 is 10.5 Å². The lowest BCUT2D eigenvalue weighted by molar-refractivity contribution is -0.181. The molecule has 0 radical (unpaired) electrons. The first kappa shape index (κ1) is 16.7. The third kappa shape index (κ3) is 4.91. The highest BCUT2D eigenvalue weighted by Gasteiger charge is 2.25. The maximum Gasteiger partial charge on any atom is 0.291 e. The maximum absolute atomic E-state index is 12.0. The van der Waals surface area contributed by atoms with Crippen molar-refractivity contribution in [2.45, 2.75) is 12.5 Å². The van der Waals surface area contributed by atoms with Crippen LogP contribution in [0.3, 0.4) is 0 Å². The fourth-order valence-electron chi connectivity index (χ4n) is 1.96. The zero-order chi connectivity index (χ0) is 16.7. The molecule has 1 atom stereocenters. The molecule has 0 heterocycles. The van der Waals surface area contributed by atoms with E-state index in [1.165, 1.54) is 0 Å². The molecule has 6 nitrogen and oxygen atoms in total. The lowest BCUT2D eigenvalue weighted by atomic mass is 10.1. The van der Waals surface area contributed by atoms with E-state index in [-0.39, 0.29) is 11.5 Å². The van der Waals surface area contributed by atoms with Crippen molar-refractivity contribution in [2.75, 3.05) is 6.61 Å². The van der Waals surface area contributed by atoms with E-state index in [0.717, 1.165) is 5.56 Å². The van der Waals surface area contributed by atoms with Crippen LogP contribution in [0.5, 0.6) is 5.75 Å². The molecule has 2 amide bonds. The third-order valence-electron chi connectivity index (χ3n) is 3.17. The van der Waals surface area contributed by atoms with Crippen molar-refractivity contribution in [3.8, 4) is 5.75 Å². The molecule has 3 N–H and O–H groups in total. The summed E-state index contributed by atoms with van der Waals surface area (Å²) in [4.78, 5) is 23.8. The topological polar surface area (TPSA) is 92.9 Å². The molecule has 120 valence electrons. The fourth-order valence-corrected chi connectivity index (χ4v) is 1.96. The van der Waals surface area contributed by atoms with Crippen LogP contribution in [0, 0.1) is 0 Å². The number of hydrogen-bond donors (Lipinski definition) is 2. The number of nitrogens with two attached hydrogens (primary N) is 1. The van der Waals surface area contributed by atoms with Crippen molar-refractivity contribution in [3.05, 3.63) is 66.2 Å². The molecule has 2 aromatic rings. The number of para-hydroxylation sites is 1. The van der Waals surface area contributed by atoms with Gasteiger partial charge in [-0.3, -0.25) is 14.8 Å². The summed E-state index contributed by atoms with van der Waals surface area (Å²) in [6.07, 6.45) is 0.226. The first-order valence-corrected chi connectivity index (χ1v) is 7.11. The lowest BCUT2D eigenvalue weighted by Crippen LogP contribution is -2.47. The number of imide groups is 1. The monoisotopic (exact) mass is 314 g/mol. The Morgan fingerprint density at radius 1 is 1.04 bits per heavy atom. The minimum Gasteiger partial charge on any atom is -0.484 e. The van der Waals surface area contributed by atoms with Crippen LogP contribution in [-0.4, -0.2) is 34.7 Å². The van der Waals surface area contributed by atoms with Crippen LogP contribution in [0.4, 0.5) is 0 Å². The Morgan fingerprint density at radius 2 is 1.61 bits per heavy atom. The van der Waals surface area contributed by atoms with Crippen LogP contribution in [0.1, 0.15) is 5.56 Å². The molecular formula is C17H18N2O4. The number of hydrogen-bond acceptors (Lipinski definition) is 5. The van der Waals surface area contributed by atoms with Gasteiger partial charge in [-0.1, -0.05) is 48.5 Å². The summed E-state index contributed by atoms with van der Waals surface area (Å²) in [6.45, 7) is -0.454. The van der Waals surface area contributed by atoms with Gasteiger partial charge in [0.1, 0.15) is 5.75 Å². The van der Waals surface area contributed by atoms with Gasteiger partial charge in [-0.25, -0.2) is 0 Å². The molecule has 0 bridgehead atoms. The van der Waals surface area contributed by atoms with Gasteiger partial charge >= 0.3 is 0 Å². The first-order valence-electron chi connectivity index (χ1n) is 7.11. The SMILES string of the molecule is N[C@H](Cc1ccccc1)C(=O)N(O)C(=O)COc1ccccc1. The molecule has 2 rings (SSSR count). The van der Waals surface area contributed by atoms with E-state index in [1.54, 1.807) is 30.3 Å². The van der Waals surface area contributed by atoms with Crippen LogP contribution in [-0.2, 0) is 16.0 Å². The zero-order valence-corrected chi connectivity index (χ0v) is 12.5. The summed E-state index contributed by atoms with van der Waals surface area (Å²) < 4.78 is 5.19. The summed E-state index contributed by atoms with van der Waals surface area (Å²) in [5, 5.41) is 9.71. The van der Waals surface area contributed by atoms with Crippen molar-refractivity contribution < 1.29 is 19.5 Å². The molecule has 0 aliphatic carbocycles. The molecular weight excluding hydrogens is 296 g/mol. The molecule has 6 heteroatoms. The minimum absolute atomic E-state index is 0.0244. The third-order valence-corrected chi connectivity index (χ3v) is 3.17. The van der Waals surface area contributed by atoms with E-state index < -0.39 is 24.5 Å². The normalized spacial score (nSPS) is 11.6. The predicted octanol–water partition coefficient (Wildman–Crippen LogP) is 1.38. The number of carbonyl (C=O) groups is 2. The summed E-state index contributed by atoms with van der Waals surface area (Å²) in [5.41, 5.74) is 6.59. The molecule has 0 aliphatic rings. The van der Waals surface area contributed by atoms with E-state index >= 15 is 0 Å². The van der Waals surface area contributed by atoms with Gasteiger partial charge in [-0.05, 0) is 24.1 Å². The fraction of sp³-hybridized carbons (Fsp3) is 0.176. The molecule has 23 heavy (non-hydrogen) atoms. The van der Waals surface area contributed by atoms with Crippen molar-refractivity contribution in [1.29, 1.82) is 0 Å². The van der Waals surface area contributed by atoms with E-state index in [9.17, 15) is 14.8 Å². The highest BCUT2D eigenvalue weighted by atomic mass is 16.5. The Hall–Kier alpha value is -2.70. The van der Waals surface area contributed by atoms with E-state index in [1.807, 2.05) is 30.3 Å². The molecule has 0 aliphatic heterocycles. The summed E-state index contributed by atoms with van der Waals surface area (Å²) in [6, 6.07) is 16.7.